The molecule has 0 radical (unpaired) electrons. The van der Waals surface area contributed by atoms with E-state index >= 15 is 0 Å². The fourth-order valence-electron chi connectivity index (χ4n) is 4.35. The Bertz CT molecular complexity index is 889. The first-order valence-electron chi connectivity index (χ1n) is 10.3. The van der Waals surface area contributed by atoms with Gasteiger partial charge in [-0.05, 0) is 37.7 Å². The zero-order valence-electron chi connectivity index (χ0n) is 17.8. The summed E-state index contributed by atoms with van der Waals surface area (Å²) >= 11 is 0. The summed E-state index contributed by atoms with van der Waals surface area (Å²) in [7, 11) is 0. The van der Waals surface area contributed by atoms with Gasteiger partial charge in [0.05, 0.1) is 13.0 Å². The van der Waals surface area contributed by atoms with Gasteiger partial charge in [0.2, 0.25) is 5.91 Å². The van der Waals surface area contributed by atoms with Crippen molar-refractivity contribution in [3.63, 3.8) is 0 Å². The van der Waals surface area contributed by atoms with Gasteiger partial charge >= 0.3 is 0 Å². The maximum atomic E-state index is 12.9. The molecule has 0 bridgehead atoms. The van der Waals surface area contributed by atoms with Crippen molar-refractivity contribution in [1.82, 2.24) is 19.4 Å². The third kappa shape index (κ3) is 3.91. The van der Waals surface area contributed by atoms with Crippen molar-refractivity contribution in [3.8, 4) is 0 Å². The standard InChI is InChI=1S/C22H32N4O2/c1-6-9-26-15(3)16(21-17(26)12-22(4,5)13-18(21)27)11-20(28)24-14-19-23-8-10-25(19)7-2/h8,10H,6-7,9,11-14H2,1-5H3,(H,24,28). The molecule has 1 amide bonds. The molecule has 0 aromatic carbocycles. The Balaban J connectivity index is 1.84. The summed E-state index contributed by atoms with van der Waals surface area (Å²) in [5.41, 5.74) is 3.85. The summed E-state index contributed by atoms with van der Waals surface area (Å²) in [5.74, 6) is 0.951. The number of hydrogen-bond acceptors (Lipinski definition) is 3. The first-order chi connectivity index (χ1) is 13.3. The normalized spacial score (nSPS) is 15.5. The zero-order valence-corrected chi connectivity index (χ0v) is 17.8. The van der Waals surface area contributed by atoms with E-state index in [4.69, 9.17) is 0 Å². The van der Waals surface area contributed by atoms with E-state index in [9.17, 15) is 9.59 Å². The fraction of sp³-hybridized carbons (Fsp3) is 0.591. The molecule has 6 heteroatoms. The molecule has 0 spiro atoms. The van der Waals surface area contributed by atoms with Crippen molar-refractivity contribution in [2.75, 3.05) is 0 Å². The lowest BCUT2D eigenvalue weighted by Gasteiger charge is -2.30. The first kappa shape index (κ1) is 20.4. The van der Waals surface area contributed by atoms with Crippen LogP contribution < -0.4 is 5.32 Å². The van der Waals surface area contributed by atoms with Crippen LogP contribution in [0.15, 0.2) is 12.4 Å². The maximum absolute atomic E-state index is 12.9. The Morgan fingerprint density at radius 3 is 2.71 bits per heavy atom. The second-order valence-corrected chi connectivity index (χ2v) is 8.56. The molecule has 2 aromatic rings. The SMILES string of the molecule is CCCn1c(C)c(CC(=O)NCc2nccn2CC)c2c1CC(C)(C)CC2=O. The molecule has 1 aliphatic carbocycles. The summed E-state index contributed by atoms with van der Waals surface area (Å²) in [6.45, 7) is 12.6. The van der Waals surface area contributed by atoms with Crippen LogP contribution in [0.1, 0.15) is 73.7 Å². The second kappa shape index (κ2) is 7.94. The van der Waals surface area contributed by atoms with Gasteiger partial charge in [-0.25, -0.2) is 4.98 Å². The summed E-state index contributed by atoms with van der Waals surface area (Å²) in [6.07, 6.45) is 6.32. The molecule has 2 aromatic heterocycles. The van der Waals surface area contributed by atoms with Crippen LogP contribution in [0.2, 0.25) is 0 Å². The molecule has 1 aliphatic rings. The van der Waals surface area contributed by atoms with Crippen molar-refractivity contribution in [1.29, 1.82) is 0 Å². The minimum absolute atomic E-state index is 0.0306. The van der Waals surface area contributed by atoms with Gasteiger partial charge < -0.3 is 14.5 Å². The fourth-order valence-corrected chi connectivity index (χ4v) is 4.35. The van der Waals surface area contributed by atoms with Crippen LogP contribution in [0.3, 0.4) is 0 Å². The monoisotopic (exact) mass is 384 g/mol. The van der Waals surface area contributed by atoms with Crippen LogP contribution in [-0.4, -0.2) is 25.8 Å². The van der Waals surface area contributed by atoms with Gasteiger partial charge in [-0.2, -0.15) is 0 Å². The summed E-state index contributed by atoms with van der Waals surface area (Å²) in [5, 5.41) is 2.97. The van der Waals surface area contributed by atoms with E-state index in [1.165, 1.54) is 0 Å². The predicted molar refractivity (Wildman–Crippen MR) is 109 cm³/mol. The molecular formula is C22H32N4O2. The lowest BCUT2D eigenvalue weighted by Crippen LogP contribution is -2.30. The Morgan fingerprint density at radius 2 is 2.04 bits per heavy atom. The molecule has 3 rings (SSSR count). The molecule has 6 nitrogen and oxygen atoms in total. The van der Waals surface area contributed by atoms with Gasteiger partial charge in [0.1, 0.15) is 5.82 Å². The number of aromatic nitrogens is 3. The number of fused-ring (bicyclic) bond motifs is 1. The smallest absolute Gasteiger partial charge is 0.224 e. The second-order valence-electron chi connectivity index (χ2n) is 8.56. The van der Waals surface area contributed by atoms with E-state index in [1.807, 2.05) is 24.6 Å². The van der Waals surface area contributed by atoms with Gasteiger partial charge in [0.15, 0.2) is 5.78 Å². The van der Waals surface area contributed by atoms with Crippen molar-refractivity contribution in [3.05, 3.63) is 40.7 Å². The highest BCUT2D eigenvalue weighted by Gasteiger charge is 2.36. The lowest BCUT2D eigenvalue weighted by atomic mass is 9.75. The molecule has 1 N–H and O–H groups in total. The molecule has 0 saturated carbocycles. The third-order valence-corrected chi connectivity index (χ3v) is 5.69. The molecule has 0 unspecified atom stereocenters. The van der Waals surface area contributed by atoms with E-state index in [-0.39, 0.29) is 23.5 Å². The van der Waals surface area contributed by atoms with Gasteiger partial charge in [0.25, 0.3) is 0 Å². The number of ketones is 1. The third-order valence-electron chi connectivity index (χ3n) is 5.69. The topological polar surface area (TPSA) is 68.9 Å². The van der Waals surface area contributed by atoms with Gasteiger partial charge in [-0.15, -0.1) is 0 Å². The number of amides is 1. The Hall–Kier alpha value is -2.37. The van der Waals surface area contributed by atoms with E-state index in [2.05, 4.69) is 35.6 Å². The average molecular weight is 385 g/mol. The maximum Gasteiger partial charge on any atom is 0.224 e. The minimum atomic E-state index is -0.0668. The quantitative estimate of drug-likeness (QED) is 0.795. The van der Waals surface area contributed by atoms with E-state index < -0.39 is 0 Å². The largest absolute Gasteiger partial charge is 0.349 e. The Kier molecular flexibility index (Phi) is 5.77. The highest BCUT2D eigenvalue weighted by molar-refractivity contribution is 6.01. The molecule has 2 heterocycles. The number of aryl methyl sites for hydroxylation is 1. The minimum Gasteiger partial charge on any atom is -0.349 e. The van der Waals surface area contributed by atoms with Crippen LogP contribution >= 0.6 is 0 Å². The number of carbonyl (C=O) groups is 2. The lowest BCUT2D eigenvalue weighted by molar-refractivity contribution is -0.120. The van der Waals surface area contributed by atoms with Crippen molar-refractivity contribution < 1.29 is 9.59 Å². The molecule has 152 valence electrons. The summed E-state index contributed by atoms with van der Waals surface area (Å²) in [4.78, 5) is 29.9. The zero-order chi connectivity index (χ0) is 20.5. The van der Waals surface area contributed by atoms with Gasteiger partial charge in [0, 0.05) is 48.9 Å². The van der Waals surface area contributed by atoms with Gasteiger partial charge in [-0.1, -0.05) is 20.8 Å². The highest BCUT2D eigenvalue weighted by atomic mass is 16.1. The van der Waals surface area contributed by atoms with Crippen LogP contribution in [0.4, 0.5) is 0 Å². The van der Waals surface area contributed by atoms with Crippen molar-refractivity contribution in [2.45, 2.75) is 79.9 Å². The molecule has 0 fully saturated rings. The molecule has 0 aliphatic heterocycles. The summed E-state index contributed by atoms with van der Waals surface area (Å²) < 4.78 is 4.28. The van der Waals surface area contributed by atoms with Crippen LogP contribution in [0.25, 0.3) is 0 Å². The molecule has 0 saturated heterocycles. The number of hydrogen-bond donors (Lipinski definition) is 1. The number of rotatable bonds is 7. The van der Waals surface area contributed by atoms with Crippen molar-refractivity contribution in [2.24, 2.45) is 5.41 Å². The van der Waals surface area contributed by atoms with Gasteiger partial charge in [-0.3, -0.25) is 9.59 Å². The number of carbonyl (C=O) groups excluding carboxylic acids is 2. The van der Waals surface area contributed by atoms with Crippen LogP contribution in [-0.2, 0) is 37.3 Å². The summed E-state index contributed by atoms with van der Waals surface area (Å²) in [6, 6.07) is 0. The van der Waals surface area contributed by atoms with Crippen LogP contribution in [0, 0.1) is 12.3 Å². The molecule has 28 heavy (non-hydrogen) atoms. The number of nitrogens with one attached hydrogen (secondary N) is 1. The molecular weight excluding hydrogens is 352 g/mol. The molecule has 0 atom stereocenters. The number of imidazole rings is 1. The average Bonchev–Trinajstić information content (AvgIpc) is 3.17. The predicted octanol–water partition coefficient (Wildman–Crippen LogP) is 3.44. The van der Waals surface area contributed by atoms with Crippen molar-refractivity contribution >= 4 is 11.7 Å². The van der Waals surface area contributed by atoms with E-state index in [1.54, 1.807) is 6.20 Å². The van der Waals surface area contributed by atoms with E-state index in [0.717, 1.165) is 54.3 Å². The Labute approximate surface area is 167 Å². The highest BCUT2D eigenvalue weighted by Crippen LogP contribution is 2.39. The van der Waals surface area contributed by atoms with Crippen LogP contribution in [0.5, 0.6) is 0 Å². The number of nitrogens with zero attached hydrogens (tertiary/aromatic N) is 3. The Morgan fingerprint density at radius 1 is 1.29 bits per heavy atom. The first-order valence-corrected chi connectivity index (χ1v) is 10.3. The number of Topliss-reactive ketones (excluding diaryl/α,β-unsaturated/α-hetero) is 1. The van der Waals surface area contributed by atoms with E-state index in [0.29, 0.717) is 13.0 Å².